The Labute approximate surface area is 142 Å². The van der Waals surface area contributed by atoms with E-state index in [2.05, 4.69) is 31.0 Å². The minimum Gasteiger partial charge on any atom is -0.346 e. The molecule has 3 heterocycles. The molecule has 9 heteroatoms. The number of thiophene rings is 1. The molecule has 0 saturated heterocycles. The predicted molar refractivity (Wildman–Crippen MR) is 88.2 cm³/mol. The molecule has 3 aromatic rings. The number of H-pyrrole nitrogens is 1. The van der Waals surface area contributed by atoms with Gasteiger partial charge >= 0.3 is 0 Å². The lowest BCUT2D eigenvalue weighted by Crippen LogP contribution is -2.24. The van der Waals surface area contributed by atoms with Crippen LogP contribution in [0.1, 0.15) is 50.9 Å². The first kappa shape index (κ1) is 15.0. The fraction of sp³-hybridized carbons (Fsp3) is 0.400. The number of nitrogens with zero attached hydrogens (tertiary/aromatic N) is 5. The molecule has 3 aromatic heterocycles. The summed E-state index contributed by atoms with van der Waals surface area (Å²) in [5.41, 5.74) is 3.58. The number of tetrazole rings is 1. The van der Waals surface area contributed by atoms with Gasteiger partial charge in [-0.3, -0.25) is 9.89 Å². The van der Waals surface area contributed by atoms with Gasteiger partial charge in [0.2, 0.25) is 0 Å². The maximum absolute atomic E-state index is 12.7. The molecule has 8 nitrogen and oxygen atoms in total. The van der Waals surface area contributed by atoms with Gasteiger partial charge in [-0.2, -0.15) is 9.78 Å². The molecule has 0 bridgehead atoms. The quantitative estimate of drug-likeness (QED) is 0.736. The average Bonchev–Trinajstić information content (AvgIpc) is 3.00. The van der Waals surface area contributed by atoms with Crippen molar-refractivity contribution >= 4 is 17.2 Å². The molecule has 0 spiro atoms. The minimum absolute atomic E-state index is 0.134. The number of hydrogen-bond donors (Lipinski definition) is 2. The van der Waals surface area contributed by atoms with Crippen LogP contribution in [-0.2, 0) is 6.54 Å². The third-order valence-corrected chi connectivity index (χ3v) is 5.43. The molecule has 0 unspecified atom stereocenters. The van der Waals surface area contributed by atoms with Crippen molar-refractivity contribution in [1.82, 2.24) is 35.7 Å². The maximum Gasteiger partial charge on any atom is 0.254 e. The van der Waals surface area contributed by atoms with Gasteiger partial charge in [-0.25, -0.2) is 0 Å². The van der Waals surface area contributed by atoms with E-state index in [1.165, 1.54) is 35.2 Å². The van der Waals surface area contributed by atoms with Gasteiger partial charge in [-0.15, -0.1) is 16.4 Å². The van der Waals surface area contributed by atoms with E-state index in [4.69, 9.17) is 0 Å². The van der Waals surface area contributed by atoms with Gasteiger partial charge < -0.3 is 5.32 Å². The van der Waals surface area contributed by atoms with Crippen molar-refractivity contribution in [3.8, 4) is 5.00 Å². The van der Waals surface area contributed by atoms with E-state index in [0.717, 1.165) is 26.8 Å². The summed E-state index contributed by atoms with van der Waals surface area (Å²) in [6, 6.07) is 2.03. The van der Waals surface area contributed by atoms with Crippen LogP contribution in [0.5, 0.6) is 0 Å². The molecule has 1 saturated carbocycles. The molecule has 1 aliphatic carbocycles. The molecule has 4 rings (SSSR count). The topological polar surface area (TPSA) is 101 Å². The number of carbonyl (C=O) groups excluding carboxylic acids is 1. The van der Waals surface area contributed by atoms with E-state index in [1.807, 2.05) is 19.9 Å². The normalized spacial score (nSPS) is 14.1. The smallest absolute Gasteiger partial charge is 0.254 e. The third kappa shape index (κ3) is 2.71. The highest BCUT2D eigenvalue weighted by Gasteiger charge is 2.26. The fourth-order valence-electron chi connectivity index (χ4n) is 2.61. The van der Waals surface area contributed by atoms with E-state index in [-0.39, 0.29) is 5.91 Å². The molecule has 24 heavy (non-hydrogen) atoms. The van der Waals surface area contributed by atoms with Crippen LogP contribution in [0.2, 0.25) is 0 Å². The van der Waals surface area contributed by atoms with Gasteiger partial charge in [-0.1, -0.05) is 0 Å². The summed E-state index contributed by atoms with van der Waals surface area (Å²) in [5.74, 6) is 0.462. The Kier molecular flexibility index (Phi) is 3.64. The lowest BCUT2D eigenvalue weighted by molar-refractivity contribution is 0.0950. The summed E-state index contributed by atoms with van der Waals surface area (Å²) in [4.78, 5) is 13.8. The zero-order valence-electron chi connectivity index (χ0n) is 13.4. The highest BCUT2D eigenvalue weighted by Crippen LogP contribution is 2.39. The summed E-state index contributed by atoms with van der Waals surface area (Å²) < 4.78 is 1.53. The number of hydrogen-bond acceptors (Lipinski definition) is 6. The minimum atomic E-state index is -0.134. The molecular weight excluding hydrogens is 326 g/mol. The van der Waals surface area contributed by atoms with Gasteiger partial charge in [-0.05, 0) is 48.7 Å². The van der Waals surface area contributed by atoms with Crippen LogP contribution >= 0.6 is 11.3 Å². The molecule has 1 amide bonds. The number of aromatic nitrogens is 6. The van der Waals surface area contributed by atoms with Crippen LogP contribution in [-0.4, -0.2) is 36.3 Å². The van der Waals surface area contributed by atoms with E-state index in [9.17, 15) is 4.79 Å². The van der Waals surface area contributed by atoms with E-state index >= 15 is 0 Å². The van der Waals surface area contributed by atoms with Crippen molar-refractivity contribution in [3.05, 3.63) is 39.8 Å². The summed E-state index contributed by atoms with van der Waals surface area (Å²) in [7, 11) is 0. The van der Waals surface area contributed by atoms with Gasteiger partial charge in [0.25, 0.3) is 5.91 Å². The molecule has 0 aliphatic heterocycles. The molecule has 0 radical (unpaired) electrons. The van der Waals surface area contributed by atoms with Crippen LogP contribution in [0.4, 0.5) is 0 Å². The summed E-state index contributed by atoms with van der Waals surface area (Å²) in [6.45, 7) is 4.35. The highest BCUT2D eigenvalue weighted by atomic mass is 32.1. The fourth-order valence-corrected chi connectivity index (χ4v) is 3.68. The van der Waals surface area contributed by atoms with Crippen molar-refractivity contribution in [2.45, 2.75) is 39.2 Å². The molecule has 1 aliphatic rings. The first-order chi connectivity index (χ1) is 11.6. The standard InChI is InChI=1S/C15H17N7OS/c1-8-9(2)24-15(22-7-17-20-21-22)13(8)14(23)16-6-11-5-12(19-18-11)10-3-4-10/h5,7,10H,3-4,6H2,1-2H3,(H,16,23)(H,18,19). The molecule has 124 valence electrons. The Morgan fingerprint density at radius 2 is 2.29 bits per heavy atom. The Balaban J connectivity index is 1.53. The zero-order valence-corrected chi connectivity index (χ0v) is 14.2. The van der Waals surface area contributed by atoms with Crippen molar-refractivity contribution in [3.63, 3.8) is 0 Å². The van der Waals surface area contributed by atoms with Crippen molar-refractivity contribution in [1.29, 1.82) is 0 Å². The summed E-state index contributed by atoms with van der Waals surface area (Å²) in [5, 5.41) is 22.2. The number of carbonyl (C=O) groups is 1. The van der Waals surface area contributed by atoms with Crippen LogP contribution in [0, 0.1) is 13.8 Å². The molecular formula is C15H17N7OS. The van der Waals surface area contributed by atoms with Gasteiger partial charge in [0.05, 0.1) is 23.5 Å². The van der Waals surface area contributed by atoms with Gasteiger partial charge in [0.1, 0.15) is 11.3 Å². The van der Waals surface area contributed by atoms with Gasteiger partial charge in [0.15, 0.2) is 0 Å². The Hall–Kier alpha value is -2.55. The zero-order chi connectivity index (χ0) is 16.7. The third-order valence-electron chi connectivity index (χ3n) is 4.24. The predicted octanol–water partition coefficient (Wildman–Crippen LogP) is 1.87. The second-order valence-electron chi connectivity index (χ2n) is 5.99. The van der Waals surface area contributed by atoms with Crippen LogP contribution in [0.15, 0.2) is 12.4 Å². The van der Waals surface area contributed by atoms with E-state index in [0.29, 0.717) is 18.0 Å². The second-order valence-corrected chi connectivity index (χ2v) is 7.20. The SMILES string of the molecule is Cc1sc(-n2cnnn2)c(C(=O)NCc2cc(C3CC3)n[nH]2)c1C. The molecule has 2 N–H and O–H groups in total. The lowest BCUT2D eigenvalue weighted by atomic mass is 10.1. The molecule has 0 aromatic carbocycles. The number of aryl methyl sites for hydroxylation is 1. The largest absolute Gasteiger partial charge is 0.346 e. The first-order valence-corrected chi connectivity index (χ1v) is 8.61. The summed E-state index contributed by atoms with van der Waals surface area (Å²) >= 11 is 1.50. The van der Waals surface area contributed by atoms with Crippen molar-refractivity contribution in [2.24, 2.45) is 0 Å². The monoisotopic (exact) mass is 343 g/mol. The van der Waals surface area contributed by atoms with Crippen molar-refractivity contribution < 1.29 is 4.79 Å². The Morgan fingerprint density at radius 1 is 1.46 bits per heavy atom. The van der Waals surface area contributed by atoms with E-state index < -0.39 is 0 Å². The summed E-state index contributed by atoms with van der Waals surface area (Å²) in [6.07, 6.45) is 3.91. The van der Waals surface area contributed by atoms with Crippen LogP contribution < -0.4 is 5.32 Å². The Bertz CT molecular complexity index is 876. The van der Waals surface area contributed by atoms with Crippen molar-refractivity contribution in [2.75, 3.05) is 0 Å². The number of amides is 1. The highest BCUT2D eigenvalue weighted by molar-refractivity contribution is 7.15. The van der Waals surface area contributed by atoms with E-state index in [1.54, 1.807) is 0 Å². The Morgan fingerprint density at radius 3 is 3.00 bits per heavy atom. The molecule has 1 fully saturated rings. The van der Waals surface area contributed by atoms with Crippen LogP contribution in [0.25, 0.3) is 5.00 Å². The number of nitrogens with one attached hydrogen (secondary N) is 2. The molecule has 0 atom stereocenters. The number of rotatable bonds is 5. The maximum atomic E-state index is 12.7. The average molecular weight is 343 g/mol. The first-order valence-electron chi connectivity index (χ1n) is 7.79. The lowest BCUT2D eigenvalue weighted by Gasteiger charge is -2.06. The second kappa shape index (κ2) is 5.82. The van der Waals surface area contributed by atoms with Gasteiger partial charge in [0, 0.05) is 10.8 Å². The number of aromatic amines is 1. The van der Waals surface area contributed by atoms with Crippen LogP contribution in [0.3, 0.4) is 0 Å².